The van der Waals surface area contributed by atoms with Gasteiger partial charge in [0.05, 0.1) is 44.8 Å². The Bertz CT molecular complexity index is 834. The fraction of sp³-hybridized carbons (Fsp3) is 0.524. The van der Waals surface area contributed by atoms with E-state index in [9.17, 15) is 9.59 Å². The van der Waals surface area contributed by atoms with Gasteiger partial charge in [0.15, 0.2) is 0 Å². The van der Waals surface area contributed by atoms with Crippen LogP contribution >= 0.6 is 0 Å². The van der Waals surface area contributed by atoms with Crippen LogP contribution in [0, 0.1) is 11.8 Å². The number of morpholine rings is 1. The zero-order valence-electron chi connectivity index (χ0n) is 15.9. The largest absolute Gasteiger partial charge is 0.497 e. The van der Waals surface area contributed by atoms with Crippen molar-refractivity contribution in [1.29, 1.82) is 0 Å². The van der Waals surface area contributed by atoms with Crippen LogP contribution < -0.4 is 4.74 Å². The third-order valence-electron chi connectivity index (χ3n) is 6.29. The van der Waals surface area contributed by atoms with Crippen molar-refractivity contribution < 1.29 is 23.8 Å². The van der Waals surface area contributed by atoms with Crippen LogP contribution in [0.5, 0.6) is 5.75 Å². The Kier molecular flexibility index (Phi) is 4.17. The van der Waals surface area contributed by atoms with E-state index < -0.39 is 17.4 Å². The summed E-state index contributed by atoms with van der Waals surface area (Å²) in [5.74, 6) is -0.100. The Hall–Kier alpha value is -2.38. The first kappa shape index (κ1) is 17.7. The molecule has 5 rings (SSSR count). The second-order valence-corrected chi connectivity index (χ2v) is 7.88. The lowest BCUT2D eigenvalue weighted by atomic mass is 9.76. The molecule has 3 saturated heterocycles. The SMILES string of the molecule is COc1cccc(CN2C[C@]34C=C[C@H](O3)[C@@H](C(=O)N3CCOCC3)[C@H]4C2=O)c1. The van der Waals surface area contributed by atoms with Crippen LogP contribution in [0.15, 0.2) is 36.4 Å². The number of carbonyl (C=O) groups excluding carboxylic acids is 2. The first-order valence-electron chi connectivity index (χ1n) is 9.77. The average Bonchev–Trinajstić information content (AvgIpc) is 3.37. The first-order valence-corrected chi connectivity index (χ1v) is 9.77. The van der Waals surface area contributed by atoms with Gasteiger partial charge in [-0.2, -0.15) is 0 Å². The molecule has 4 aliphatic rings. The number of nitrogens with zero attached hydrogens (tertiary/aromatic N) is 2. The van der Waals surface area contributed by atoms with Gasteiger partial charge < -0.3 is 24.0 Å². The molecule has 2 amide bonds. The zero-order valence-corrected chi connectivity index (χ0v) is 15.9. The summed E-state index contributed by atoms with van der Waals surface area (Å²) in [6, 6.07) is 7.71. The summed E-state index contributed by atoms with van der Waals surface area (Å²) in [5, 5.41) is 0. The second-order valence-electron chi connectivity index (χ2n) is 7.88. The van der Waals surface area contributed by atoms with Gasteiger partial charge in [0.25, 0.3) is 0 Å². The Balaban J connectivity index is 1.38. The normalized spacial score (nSPS) is 33.5. The minimum atomic E-state index is -0.673. The molecule has 28 heavy (non-hydrogen) atoms. The summed E-state index contributed by atoms with van der Waals surface area (Å²) < 4.78 is 16.9. The number of ether oxygens (including phenoxy) is 3. The van der Waals surface area contributed by atoms with Crippen LogP contribution in [-0.2, 0) is 25.6 Å². The van der Waals surface area contributed by atoms with Gasteiger partial charge in [0.2, 0.25) is 11.8 Å². The molecule has 1 aromatic carbocycles. The molecule has 0 aromatic heterocycles. The monoisotopic (exact) mass is 384 g/mol. The van der Waals surface area contributed by atoms with E-state index in [0.29, 0.717) is 39.4 Å². The molecule has 0 aliphatic carbocycles. The standard InChI is InChI=1S/C21H24N2O5/c1-26-15-4-2-3-14(11-15)12-23-13-21-6-5-16(28-21)17(18(21)20(23)25)19(24)22-7-9-27-10-8-22/h2-6,11,16-18H,7-10,12-13H2,1H3/t16-,17+,18-,21-/m0/s1. The van der Waals surface area contributed by atoms with Gasteiger partial charge in [-0.3, -0.25) is 9.59 Å². The quantitative estimate of drug-likeness (QED) is 0.720. The molecule has 0 N–H and O–H groups in total. The number of methoxy groups -OCH3 is 1. The van der Waals surface area contributed by atoms with Crippen LogP contribution in [0.1, 0.15) is 5.56 Å². The third kappa shape index (κ3) is 2.64. The van der Waals surface area contributed by atoms with E-state index in [1.165, 1.54) is 0 Å². The lowest BCUT2D eigenvalue weighted by molar-refractivity contribution is -0.146. The molecule has 3 fully saturated rings. The van der Waals surface area contributed by atoms with Crippen molar-refractivity contribution >= 4 is 11.8 Å². The lowest BCUT2D eigenvalue weighted by Gasteiger charge is -2.32. The number of hydrogen-bond donors (Lipinski definition) is 0. The molecular formula is C21H24N2O5. The van der Waals surface area contributed by atoms with Gasteiger partial charge in [-0.05, 0) is 17.7 Å². The number of fused-ring (bicyclic) bond motifs is 1. The third-order valence-corrected chi connectivity index (χ3v) is 6.29. The number of likely N-dealkylation sites (tertiary alicyclic amines) is 1. The molecule has 7 nitrogen and oxygen atoms in total. The van der Waals surface area contributed by atoms with Crippen LogP contribution in [-0.4, -0.2) is 73.3 Å². The Morgan fingerprint density at radius 3 is 2.93 bits per heavy atom. The van der Waals surface area contributed by atoms with E-state index in [-0.39, 0.29) is 17.9 Å². The minimum absolute atomic E-state index is 0.00118. The maximum atomic E-state index is 13.3. The van der Waals surface area contributed by atoms with Gasteiger partial charge >= 0.3 is 0 Å². The number of carbonyl (C=O) groups is 2. The van der Waals surface area contributed by atoms with Gasteiger partial charge in [-0.15, -0.1) is 0 Å². The summed E-state index contributed by atoms with van der Waals surface area (Å²) in [6.07, 6.45) is 3.65. The first-order chi connectivity index (χ1) is 13.6. The summed E-state index contributed by atoms with van der Waals surface area (Å²) in [4.78, 5) is 30.1. The molecule has 1 aromatic rings. The second kappa shape index (κ2) is 6.60. The van der Waals surface area contributed by atoms with E-state index in [2.05, 4.69) is 0 Å². The van der Waals surface area contributed by atoms with Crippen molar-refractivity contribution in [1.82, 2.24) is 9.80 Å². The lowest BCUT2D eigenvalue weighted by Crippen LogP contribution is -2.49. The van der Waals surface area contributed by atoms with E-state index in [0.717, 1.165) is 11.3 Å². The molecule has 4 heterocycles. The number of rotatable bonds is 4. The molecule has 4 aliphatic heterocycles. The van der Waals surface area contributed by atoms with Crippen LogP contribution in [0.25, 0.3) is 0 Å². The molecular weight excluding hydrogens is 360 g/mol. The number of amides is 2. The highest BCUT2D eigenvalue weighted by Crippen LogP contribution is 2.52. The number of benzene rings is 1. The predicted molar refractivity (Wildman–Crippen MR) is 99.5 cm³/mol. The molecule has 2 bridgehead atoms. The van der Waals surface area contributed by atoms with Gasteiger partial charge in [-0.25, -0.2) is 0 Å². The Morgan fingerprint density at radius 2 is 2.14 bits per heavy atom. The molecule has 4 atom stereocenters. The molecule has 0 saturated carbocycles. The fourth-order valence-corrected chi connectivity index (χ4v) is 4.98. The Labute approximate surface area is 163 Å². The molecule has 1 spiro atoms. The van der Waals surface area contributed by atoms with Crippen molar-refractivity contribution in [3.8, 4) is 5.75 Å². The molecule has 0 radical (unpaired) electrons. The highest BCUT2D eigenvalue weighted by atomic mass is 16.5. The highest BCUT2D eigenvalue weighted by molar-refractivity contribution is 5.93. The molecule has 7 heteroatoms. The highest BCUT2D eigenvalue weighted by Gasteiger charge is 2.67. The molecule has 148 valence electrons. The summed E-state index contributed by atoms with van der Waals surface area (Å²) in [6.45, 7) is 3.21. The van der Waals surface area contributed by atoms with Crippen molar-refractivity contribution in [3.05, 3.63) is 42.0 Å². The summed E-state index contributed by atoms with van der Waals surface area (Å²) >= 11 is 0. The average molecular weight is 384 g/mol. The van der Waals surface area contributed by atoms with E-state index in [4.69, 9.17) is 14.2 Å². The summed E-state index contributed by atoms with van der Waals surface area (Å²) in [7, 11) is 1.63. The van der Waals surface area contributed by atoms with E-state index >= 15 is 0 Å². The van der Waals surface area contributed by atoms with Crippen LogP contribution in [0.4, 0.5) is 0 Å². The minimum Gasteiger partial charge on any atom is -0.497 e. The smallest absolute Gasteiger partial charge is 0.230 e. The van der Waals surface area contributed by atoms with Crippen LogP contribution in [0.2, 0.25) is 0 Å². The van der Waals surface area contributed by atoms with Gasteiger partial charge in [0, 0.05) is 19.6 Å². The van der Waals surface area contributed by atoms with Crippen molar-refractivity contribution in [2.75, 3.05) is 40.0 Å². The fourth-order valence-electron chi connectivity index (χ4n) is 4.98. The van der Waals surface area contributed by atoms with E-state index in [1.54, 1.807) is 7.11 Å². The predicted octanol–water partition coefficient (Wildman–Crippen LogP) is 0.836. The Morgan fingerprint density at radius 1 is 1.32 bits per heavy atom. The van der Waals surface area contributed by atoms with Gasteiger partial charge in [-0.1, -0.05) is 24.3 Å². The summed E-state index contributed by atoms with van der Waals surface area (Å²) in [5.41, 5.74) is 0.325. The van der Waals surface area contributed by atoms with Crippen LogP contribution in [0.3, 0.4) is 0 Å². The number of hydrogen-bond acceptors (Lipinski definition) is 5. The van der Waals surface area contributed by atoms with Crippen molar-refractivity contribution in [2.45, 2.75) is 18.2 Å². The van der Waals surface area contributed by atoms with E-state index in [1.807, 2.05) is 46.2 Å². The maximum absolute atomic E-state index is 13.3. The van der Waals surface area contributed by atoms with Crippen molar-refractivity contribution in [3.63, 3.8) is 0 Å². The van der Waals surface area contributed by atoms with Crippen molar-refractivity contribution in [2.24, 2.45) is 11.8 Å². The zero-order chi connectivity index (χ0) is 19.3. The topological polar surface area (TPSA) is 68.3 Å². The molecule has 0 unspecified atom stereocenters. The maximum Gasteiger partial charge on any atom is 0.230 e. The van der Waals surface area contributed by atoms with Gasteiger partial charge in [0.1, 0.15) is 11.4 Å².